The fraction of sp³-hybridized carbons (Fsp3) is 0.185. The van der Waals surface area contributed by atoms with Gasteiger partial charge in [-0.2, -0.15) is 0 Å². The number of benzene rings is 3. The second-order valence-corrected chi connectivity index (χ2v) is 7.13. The lowest BCUT2D eigenvalue weighted by Crippen LogP contribution is -2.14. The molecule has 0 saturated heterocycles. The van der Waals surface area contributed by atoms with Gasteiger partial charge in [0, 0.05) is 11.1 Å². The molecule has 0 amide bonds. The molecule has 176 valence electrons. The van der Waals surface area contributed by atoms with Gasteiger partial charge in [0.05, 0.1) is 41.1 Å². The summed E-state index contributed by atoms with van der Waals surface area (Å²) in [5.74, 6) is 1.32. The summed E-state index contributed by atoms with van der Waals surface area (Å²) in [6.07, 6.45) is 1.55. The summed E-state index contributed by atoms with van der Waals surface area (Å²) in [5.41, 5.74) is 1.21. The van der Waals surface area contributed by atoms with Crippen molar-refractivity contribution in [3.05, 3.63) is 82.9 Å². The van der Waals surface area contributed by atoms with Crippen molar-refractivity contribution in [3.8, 4) is 28.7 Å². The van der Waals surface area contributed by atoms with Gasteiger partial charge in [0.25, 0.3) is 0 Å². The molecule has 3 aromatic carbocycles. The van der Waals surface area contributed by atoms with Gasteiger partial charge in [0.1, 0.15) is 11.5 Å². The summed E-state index contributed by atoms with van der Waals surface area (Å²) in [4.78, 5) is 27.1. The number of carbonyl (C=O) groups is 2. The third kappa shape index (κ3) is 5.20. The van der Waals surface area contributed by atoms with Gasteiger partial charge in [-0.15, -0.1) is 0 Å². The molecular weight excluding hydrogens is 436 g/mol. The van der Waals surface area contributed by atoms with Gasteiger partial charge in [-0.05, 0) is 60.2 Å². The highest BCUT2D eigenvalue weighted by Crippen LogP contribution is 2.39. The smallest absolute Gasteiger partial charge is 0.203 e. The minimum atomic E-state index is -0.490. The van der Waals surface area contributed by atoms with Crippen LogP contribution in [0, 0.1) is 0 Å². The first-order valence-corrected chi connectivity index (χ1v) is 10.3. The minimum Gasteiger partial charge on any atom is -0.497 e. The van der Waals surface area contributed by atoms with Gasteiger partial charge in [0.15, 0.2) is 23.1 Å². The number of allylic oxidation sites excluding steroid dienone is 1. The summed E-state index contributed by atoms with van der Waals surface area (Å²) < 4.78 is 26.5. The van der Waals surface area contributed by atoms with Gasteiger partial charge in [0.2, 0.25) is 5.75 Å². The molecular formula is C27H26O7. The van der Waals surface area contributed by atoms with Gasteiger partial charge >= 0.3 is 0 Å². The highest BCUT2D eigenvalue weighted by atomic mass is 16.5. The fourth-order valence-corrected chi connectivity index (χ4v) is 3.37. The van der Waals surface area contributed by atoms with Crippen molar-refractivity contribution in [1.29, 1.82) is 0 Å². The number of ether oxygens (including phenoxy) is 5. The maximum Gasteiger partial charge on any atom is 0.203 e. The van der Waals surface area contributed by atoms with Crippen LogP contribution < -0.4 is 23.7 Å². The standard InChI is InChI=1S/C27H26O7/c1-30-20-10-6-17(7-11-20)14-22(25(28)18-8-12-21(31-2)13-9-18)26(29)19-15-23(32-3)27(34-5)24(16-19)33-4/h6-16H,1-5H3/b22-14+. The highest BCUT2D eigenvalue weighted by molar-refractivity contribution is 6.33. The van der Waals surface area contributed by atoms with Crippen molar-refractivity contribution in [2.24, 2.45) is 0 Å². The van der Waals surface area contributed by atoms with Crippen LogP contribution >= 0.6 is 0 Å². The predicted octanol–water partition coefficient (Wildman–Crippen LogP) is 4.88. The molecule has 0 radical (unpaired) electrons. The van der Waals surface area contributed by atoms with E-state index in [0.29, 0.717) is 39.9 Å². The molecule has 0 aromatic heterocycles. The molecule has 3 aromatic rings. The van der Waals surface area contributed by atoms with Gasteiger partial charge in [-0.25, -0.2) is 0 Å². The Morgan fingerprint density at radius 2 is 1.06 bits per heavy atom. The van der Waals surface area contributed by atoms with Crippen LogP contribution in [0.1, 0.15) is 26.3 Å². The molecule has 0 aliphatic rings. The lowest BCUT2D eigenvalue weighted by atomic mass is 9.93. The molecule has 0 aliphatic carbocycles. The number of ketones is 2. The molecule has 0 fully saturated rings. The zero-order chi connectivity index (χ0) is 24.7. The molecule has 0 saturated carbocycles. The van der Waals surface area contributed by atoms with Crippen molar-refractivity contribution in [2.45, 2.75) is 0 Å². The topological polar surface area (TPSA) is 80.3 Å². The first-order valence-electron chi connectivity index (χ1n) is 10.3. The lowest BCUT2D eigenvalue weighted by molar-refractivity contribution is 0.0964. The average Bonchev–Trinajstić information content (AvgIpc) is 2.90. The van der Waals surface area contributed by atoms with E-state index < -0.39 is 11.6 Å². The third-order valence-electron chi connectivity index (χ3n) is 5.20. The SMILES string of the molecule is COc1ccc(/C=C(\C(=O)c2ccc(OC)cc2)C(=O)c2cc(OC)c(OC)c(OC)c2)cc1. The Morgan fingerprint density at radius 1 is 0.588 bits per heavy atom. The van der Waals surface area contributed by atoms with Crippen molar-refractivity contribution < 1.29 is 33.3 Å². The van der Waals surface area contributed by atoms with E-state index in [0.717, 1.165) is 0 Å². The maximum absolute atomic E-state index is 13.7. The molecule has 0 heterocycles. The summed E-state index contributed by atoms with van der Waals surface area (Å²) >= 11 is 0. The molecule has 0 aliphatic heterocycles. The van der Waals surface area contributed by atoms with Gasteiger partial charge in [-0.3, -0.25) is 9.59 Å². The molecule has 0 bridgehead atoms. The molecule has 3 rings (SSSR count). The van der Waals surface area contributed by atoms with Crippen LogP contribution in [0.2, 0.25) is 0 Å². The zero-order valence-corrected chi connectivity index (χ0v) is 19.7. The molecule has 7 nitrogen and oxygen atoms in total. The molecule has 0 atom stereocenters. The van der Waals surface area contributed by atoms with Crippen LogP contribution in [-0.4, -0.2) is 47.1 Å². The average molecular weight is 462 g/mol. The van der Waals surface area contributed by atoms with E-state index in [1.54, 1.807) is 68.8 Å². The van der Waals surface area contributed by atoms with E-state index in [1.165, 1.54) is 33.5 Å². The van der Waals surface area contributed by atoms with Crippen LogP contribution in [0.4, 0.5) is 0 Å². The number of carbonyl (C=O) groups excluding carboxylic acids is 2. The Balaban J connectivity index is 2.13. The van der Waals surface area contributed by atoms with Crippen LogP contribution in [-0.2, 0) is 0 Å². The highest BCUT2D eigenvalue weighted by Gasteiger charge is 2.24. The largest absolute Gasteiger partial charge is 0.497 e. The Hall–Kier alpha value is -4.26. The van der Waals surface area contributed by atoms with E-state index in [2.05, 4.69) is 0 Å². The van der Waals surface area contributed by atoms with Crippen molar-refractivity contribution in [2.75, 3.05) is 35.5 Å². The number of Topliss-reactive ketones (excluding diaryl/α,β-unsaturated/α-hetero) is 2. The van der Waals surface area contributed by atoms with Crippen LogP contribution in [0.15, 0.2) is 66.2 Å². The Labute approximate surface area is 198 Å². The first-order chi connectivity index (χ1) is 16.4. The molecule has 0 N–H and O–H groups in total. The number of methoxy groups -OCH3 is 5. The predicted molar refractivity (Wildman–Crippen MR) is 129 cm³/mol. The Bertz CT molecular complexity index is 1170. The second kappa shape index (κ2) is 11.0. The molecule has 0 spiro atoms. The van der Waals surface area contributed by atoms with Gasteiger partial charge < -0.3 is 23.7 Å². The monoisotopic (exact) mass is 462 g/mol. The van der Waals surface area contributed by atoms with Crippen molar-refractivity contribution in [1.82, 2.24) is 0 Å². The van der Waals surface area contributed by atoms with E-state index in [1.807, 2.05) is 0 Å². The van der Waals surface area contributed by atoms with Crippen molar-refractivity contribution in [3.63, 3.8) is 0 Å². The van der Waals surface area contributed by atoms with E-state index in [9.17, 15) is 9.59 Å². The van der Waals surface area contributed by atoms with Gasteiger partial charge in [-0.1, -0.05) is 12.1 Å². The summed E-state index contributed by atoms with van der Waals surface area (Å²) in [5, 5.41) is 0. The number of hydrogen-bond acceptors (Lipinski definition) is 7. The van der Waals surface area contributed by atoms with E-state index in [4.69, 9.17) is 23.7 Å². The van der Waals surface area contributed by atoms with E-state index in [-0.39, 0.29) is 11.1 Å². The zero-order valence-electron chi connectivity index (χ0n) is 19.7. The summed E-state index contributed by atoms with van der Waals surface area (Å²) in [7, 11) is 7.51. The van der Waals surface area contributed by atoms with E-state index >= 15 is 0 Å². The summed E-state index contributed by atoms with van der Waals surface area (Å²) in [6, 6.07) is 16.7. The van der Waals surface area contributed by atoms with Crippen LogP contribution in [0.5, 0.6) is 28.7 Å². The second-order valence-electron chi connectivity index (χ2n) is 7.13. The number of hydrogen-bond donors (Lipinski definition) is 0. The molecule has 34 heavy (non-hydrogen) atoms. The minimum absolute atomic E-state index is 0.0235. The molecule has 7 heteroatoms. The first kappa shape index (κ1) is 24.4. The quantitative estimate of drug-likeness (QED) is 0.184. The van der Waals surface area contributed by atoms with Crippen LogP contribution in [0.3, 0.4) is 0 Å². The fourth-order valence-electron chi connectivity index (χ4n) is 3.37. The normalized spacial score (nSPS) is 10.9. The third-order valence-corrected chi connectivity index (χ3v) is 5.20. The summed E-state index contributed by atoms with van der Waals surface area (Å²) in [6.45, 7) is 0. The number of rotatable bonds is 10. The Kier molecular flexibility index (Phi) is 7.92. The van der Waals surface area contributed by atoms with Crippen LogP contribution in [0.25, 0.3) is 6.08 Å². The van der Waals surface area contributed by atoms with Crippen molar-refractivity contribution >= 4 is 17.6 Å². The Morgan fingerprint density at radius 3 is 1.50 bits per heavy atom. The lowest BCUT2D eigenvalue weighted by Gasteiger charge is -2.14. The molecule has 0 unspecified atom stereocenters. The maximum atomic E-state index is 13.7.